The maximum absolute atomic E-state index is 13.0. The van der Waals surface area contributed by atoms with Crippen LogP contribution in [0, 0.1) is 0 Å². The van der Waals surface area contributed by atoms with Crippen molar-refractivity contribution in [1.29, 1.82) is 0 Å². The molecule has 0 bridgehead atoms. The molecule has 2 amide bonds. The van der Waals surface area contributed by atoms with Crippen molar-refractivity contribution in [3.8, 4) is 11.1 Å². The van der Waals surface area contributed by atoms with Crippen LogP contribution in [0.15, 0.2) is 72.8 Å². The van der Waals surface area contributed by atoms with Crippen molar-refractivity contribution in [1.82, 2.24) is 5.32 Å². The number of rotatable bonds is 6. The Balaban J connectivity index is 1.27. The van der Waals surface area contributed by atoms with Gasteiger partial charge >= 0.3 is 12.1 Å². The van der Waals surface area contributed by atoms with Gasteiger partial charge in [0.15, 0.2) is 0 Å². The zero-order valence-electron chi connectivity index (χ0n) is 18.4. The number of para-hydroxylation sites is 1. The fourth-order valence-electron chi connectivity index (χ4n) is 4.79. The van der Waals surface area contributed by atoms with Crippen LogP contribution < -0.4 is 10.6 Å². The molecule has 1 saturated carbocycles. The number of hydrogen-bond acceptors (Lipinski definition) is 4. The average Bonchev–Trinajstić information content (AvgIpc) is 3.14. The highest BCUT2D eigenvalue weighted by atomic mass is 16.5. The molecule has 2 aliphatic rings. The number of aromatic carboxylic acids is 1. The second-order valence-corrected chi connectivity index (χ2v) is 8.69. The van der Waals surface area contributed by atoms with Crippen LogP contribution in [0.2, 0.25) is 0 Å². The largest absolute Gasteiger partial charge is 0.478 e. The molecular weight excluding hydrogens is 432 g/mol. The van der Waals surface area contributed by atoms with E-state index in [1.807, 2.05) is 36.4 Å². The first-order chi connectivity index (χ1) is 16.5. The Labute approximate surface area is 196 Å². The minimum absolute atomic E-state index is 0.00790. The summed E-state index contributed by atoms with van der Waals surface area (Å²) in [5.74, 6) is -1.66. The smallest absolute Gasteiger partial charge is 0.408 e. The van der Waals surface area contributed by atoms with E-state index in [1.54, 1.807) is 12.1 Å². The van der Waals surface area contributed by atoms with E-state index < -0.39 is 23.5 Å². The topological polar surface area (TPSA) is 105 Å². The highest BCUT2D eigenvalue weighted by molar-refractivity contribution is 6.05. The molecule has 7 nitrogen and oxygen atoms in total. The van der Waals surface area contributed by atoms with E-state index in [1.165, 1.54) is 12.1 Å². The second-order valence-electron chi connectivity index (χ2n) is 8.69. The quantitative estimate of drug-likeness (QED) is 0.495. The van der Waals surface area contributed by atoms with Gasteiger partial charge in [0.2, 0.25) is 5.91 Å². The van der Waals surface area contributed by atoms with Crippen LogP contribution in [0.25, 0.3) is 11.1 Å². The fraction of sp³-hybridized carbons (Fsp3) is 0.222. The van der Waals surface area contributed by atoms with Crippen molar-refractivity contribution >= 4 is 23.7 Å². The minimum atomic E-state index is -1.14. The van der Waals surface area contributed by atoms with Gasteiger partial charge in [0, 0.05) is 5.92 Å². The molecule has 34 heavy (non-hydrogen) atoms. The number of carbonyl (C=O) groups is 3. The summed E-state index contributed by atoms with van der Waals surface area (Å²) in [4.78, 5) is 37.3. The summed E-state index contributed by atoms with van der Waals surface area (Å²) in [6, 6.07) is 22.3. The highest BCUT2D eigenvalue weighted by Gasteiger charge is 2.46. The van der Waals surface area contributed by atoms with Crippen LogP contribution in [-0.2, 0) is 9.53 Å². The van der Waals surface area contributed by atoms with Crippen molar-refractivity contribution in [3.05, 3.63) is 89.5 Å². The highest BCUT2D eigenvalue weighted by Crippen LogP contribution is 2.44. The third kappa shape index (κ3) is 3.79. The van der Waals surface area contributed by atoms with E-state index in [2.05, 4.69) is 22.8 Å². The number of benzene rings is 3. The van der Waals surface area contributed by atoms with Gasteiger partial charge in [-0.2, -0.15) is 0 Å². The number of carboxylic acids is 1. The zero-order valence-corrected chi connectivity index (χ0v) is 18.4. The van der Waals surface area contributed by atoms with Crippen LogP contribution in [0.1, 0.15) is 46.7 Å². The van der Waals surface area contributed by atoms with Crippen LogP contribution in [0.4, 0.5) is 10.5 Å². The first-order valence-electron chi connectivity index (χ1n) is 11.3. The van der Waals surface area contributed by atoms with Gasteiger partial charge in [-0.15, -0.1) is 0 Å². The SMILES string of the molecule is O=C(NC1(C(=O)Nc2ccccc2C(=O)O)CCC1)OCC1c2ccccc2-c2ccccc21. The molecule has 3 aromatic carbocycles. The molecule has 7 heteroatoms. The number of fused-ring (bicyclic) bond motifs is 3. The van der Waals surface area contributed by atoms with Gasteiger partial charge in [-0.05, 0) is 53.6 Å². The molecule has 0 aromatic heterocycles. The van der Waals surface area contributed by atoms with Gasteiger partial charge in [-0.25, -0.2) is 9.59 Å². The third-order valence-corrected chi connectivity index (χ3v) is 6.73. The van der Waals surface area contributed by atoms with E-state index in [4.69, 9.17) is 4.74 Å². The van der Waals surface area contributed by atoms with E-state index in [9.17, 15) is 19.5 Å². The Morgan fingerprint density at radius 2 is 1.47 bits per heavy atom. The predicted molar refractivity (Wildman–Crippen MR) is 127 cm³/mol. The van der Waals surface area contributed by atoms with E-state index >= 15 is 0 Å². The lowest BCUT2D eigenvalue weighted by Crippen LogP contribution is -2.61. The third-order valence-electron chi connectivity index (χ3n) is 6.73. The zero-order chi connectivity index (χ0) is 23.7. The Kier molecular flexibility index (Phi) is 5.53. The molecule has 1 fully saturated rings. The molecule has 0 atom stereocenters. The maximum Gasteiger partial charge on any atom is 0.408 e. The predicted octanol–water partition coefficient (Wildman–Crippen LogP) is 4.78. The van der Waals surface area contributed by atoms with Gasteiger partial charge in [0.05, 0.1) is 11.3 Å². The number of nitrogens with one attached hydrogen (secondary N) is 2. The molecular formula is C27H24N2O5. The number of amides is 2. The van der Waals surface area contributed by atoms with Crippen molar-refractivity contribution in [2.45, 2.75) is 30.7 Å². The average molecular weight is 456 g/mol. The lowest BCUT2D eigenvalue weighted by Gasteiger charge is -2.40. The molecule has 5 rings (SSSR count). The molecule has 0 heterocycles. The number of anilines is 1. The Morgan fingerprint density at radius 1 is 0.882 bits per heavy atom. The van der Waals surface area contributed by atoms with Gasteiger partial charge in [-0.1, -0.05) is 60.7 Å². The summed E-state index contributed by atoms with van der Waals surface area (Å²) in [7, 11) is 0. The maximum atomic E-state index is 13.0. The van der Waals surface area contributed by atoms with Crippen molar-refractivity contribution in [2.75, 3.05) is 11.9 Å². The van der Waals surface area contributed by atoms with Gasteiger partial charge < -0.3 is 20.5 Å². The van der Waals surface area contributed by atoms with E-state index in [0.717, 1.165) is 28.7 Å². The lowest BCUT2D eigenvalue weighted by atomic mass is 9.76. The van der Waals surface area contributed by atoms with Crippen LogP contribution in [0.3, 0.4) is 0 Å². The Hall–Kier alpha value is -4.13. The van der Waals surface area contributed by atoms with E-state index in [-0.39, 0.29) is 23.8 Å². The molecule has 2 aliphatic carbocycles. The first kappa shape index (κ1) is 21.7. The molecule has 3 aromatic rings. The summed E-state index contributed by atoms with van der Waals surface area (Å²) in [5, 5.41) is 14.8. The molecule has 0 aliphatic heterocycles. The number of hydrogen-bond donors (Lipinski definition) is 3. The standard InChI is InChI=1S/C27H24N2O5/c30-24(31)21-12-5-6-13-23(21)28-25(32)27(14-7-15-27)29-26(33)34-16-22-19-10-3-1-8-17(19)18-9-2-4-11-20(18)22/h1-6,8-13,22H,7,14-16H2,(H,28,32)(H,29,33)(H,30,31). The van der Waals surface area contributed by atoms with Crippen molar-refractivity contribution < 1.29 is 24.2 Å². The van der Waals surface area contributed by atoms with Crippen LogP contribution >= 0.6 is 0 Å². The van der Waals surface area contributed by atoms with Gasteiger partial charge in [0.25, 0.3) is 0 Å². The molecule has 172 valence electrons. The monoisotopic (exact) mass is 456 g/mol. The molecule has 0 spiro atoms. The number of alkyl carbamates (subject to hydrolysis) is 1. The fourth-order valence-corrected chi connectivity index (χ4v) is 4.79. The van der Waals surface area contributed by atoms with Crippen LogP contribution in [-0.4, -0.2) is 35.2 Å². The summed E-state index contributed by atoms with van der Waals surface area (Å²) >= 11 is 0. The summed E-state index contributed by atoms with van der Waals surface area (Å²) in [6.07, 6.45) is 1.03. The van der Waals surface area contributed by atoms with Crippen molar-refractivity contribution in [2.24, 2.45) is 0 Å². The summed E-state index contributed by atoms with van der Waals surface area (Å²) in [5.41, 5.74) is 3.56. The number of ether oxygens (including phenoxy) is 1. The Bertz CT molecular complexity index is 1240. The second kappa shape index (κ2) is 8.67. The minimum Gasteiger partial charge on any atom is -0.478 e. The molecule has 3 N–H and O–H groups in total. The summed E-state index contributed by atoms with van der Waals surface area (Å²) < 4.78 is 5.61. The first-order valence-corrected chi connectivity index (χ1v) is 11.3. The summed E-state index contributed by atoms with van der Waals surface area (Å²) in [6.45, 7) is 0.152. The van der Waals surface area contributed by atoms with Crippen LogP contribution in [0.5, 0.6) is 0 Å². The van der Waals surface area contributed by atoms with Gasteiger partial charge in [0.1, 0.15) is 12.1 Å². The lowest BCUT2D eigenvalue weighted by molar-refractivity contribution is -0.125. The number of carboxylic acid groups (broad SMARTS) is 1. The Morgan fingerprint density at radius 3 is 2.06 bits per heavy atom. The van der Waals surface area contributed by atoms with Crippen molar-refractivity contribution in [3.63, 3.8) is 0 Å². The molecule has 0 saturated heterocycles. The van der Waals surface area contributed by atoms with Gasteiger partial charge in [-0.3, -0.25) is 4.79 Å². The number of carbonyl (C=O) groups excluding carboxylic acids is 2. The normalized spacial score (nSPS) is 15.4. The molecule has 0 radical (unpaired) electrons. The van der Waals surface area contributed by atoms with E-state index in [0.29, 0.717) is 12.8 Å². The molecule has 0 unspecified atom stereocenters.